The molecule has 1 aromatic rings. The van der Waals surface area contributed by atoms with E-state index in [9.17, 15) is 18.0 Å². The van der Waals surface area contributed by atoms with Crippen molar-refractivity contribution in [1.29, 1.82) is 0 Å². The third-order valence-corrected chi connectivity index (χ3v) is 2.80. The molecule has 1 aliphatic heterocycles. The highest BCUT2D eigenvalue weighted by molar-refractivity contribution is 6.33. The minimum Gasteiger partial charge on any atom is -0.376 e. The van der Waals surface area contributed by atoms with Crippen LogP contribution in [0.15, 0.2) is 12.1 Å². The second-order valence-electron chi connectivity index (χ2n) is 3.83. The molecule has 2 heterocycles. The highest BCUT2D eigenvalue weighted by atomic mass is 35.5. The van der Waals surface area contributed by atoms with E-state index in [4.69, 9.17) is 21.1 Å². The Labute approximate surface area is 111 Å². The molecule has 1 atom stereocenters. The van der Waals surface area contributed by atoms with Crippen molar-refractivity contribution in [2.45, 2.75) is 12.3 Å². The van der Waals surface area contributed by atoms with Gasteiger partial charge in [-0.2, -0.15) is 13.2 Å². The minimum absolute atomic E-state index is 0.0518. The maximum Gasteiger partial charge on any atom is 0.433 e. The summed E-state index contributed by atoms with van der Waals surface area (Å²) in [4.78, 5) is 15.2. The van der Waals surface area contributed by atoms with Gasteiger partial charge < -0.3 is 9.47 Å². The van der Waals surface area contributed by atoms with Crippen molar-refractivity contribution in [3.63, 3.8) is 0 Å². The Bertz CT molecular complexity index is 487. The lowest BCUT2D eigenvalue weighted by Gasteiger charge is -2.22. The molecule has 0 N–H and O–H groups in total. The SMILES string of the molecule is O=C(c1ccc(C(F)(F)F)nc1Cl)C1COCCO1. The first-order chi connectivity index (χ1) is 8.89. The van der Waals surface area contributed by atoms with E-state index in [0.29, 0.717) is 12.7 Å². The first-order valence-corrected chi connectivity index (χ1v) is 5.74. The maximum absolute atomic E-state index is 12.4. The summed E-state index contributed by atoms with van der Waals surface area (Å²) in [7, 11) is 0. The Balaban J connectivity index is 2.23. The Morgan fingerprint density at radius 1 is 1.37 bits per heavy atom. The van der Waals surface area contributed by atoms with Crippen molar-refractivity contribution >= 4 is 17.4 Å². The number of halogens is 4. The standard InChI is InChI=1S/C11H9ClF3NO3/c12-10-6(1-2-8(16-10)11(13,14)15)9(17)7-5-18-3-4-19-7/h1-2,7H,3-5H2. The highest BCUT2D eigenvalue weighted by Gasteiger charge is 2.34. The van der Waals surface area contributed by atoms with Crippen molar-refractivity contribution in [2.75, 3.05) is 19.8 Å². The number of carbonyl (C=O) groups is 1. The van der Waals surface area contributed by atoms with Crippen LogP contribution in [0.1, 0.15) is 16.1 Å². The zero-order valence-electron chi connectivity index (χ0n) is 9.54. The van der Waals surface area contributed by atoms with Gasteiger partial charge in [0.05, 0.1) is 25.4 Å². The van der Waals surface area contributed by atoms with Crippen LogP contribution in [0, 0.1) is 0 Å². The van der Waals surface area contributed by atoms with Crippen LogP contribution in [0.25, 0.3) is 0 Å². The second kappa shape index (κ2) is 5.44. The molecule has 0 aliphatic carbocycles. The fourth-order valence-electron chi connectivity index (χ4n) is 1.59. The smallest absolute Gasteiger partial charge is 0.376 e. The molecule has 19 heavy (non-hydrogen) atoms. The van der Waals surface area contributed by atoms with Gasteiger partial charge in [-0.05, 0) is 12.1 Å². The molecule has 1 saturated heterocycles. The molecule has 0 saturated carbocycles. The number of pyridine rings is 1. The molecule has 1 aromatic heterocycles. The molecule has 1 fully saturated rings. The van der Waals surface area contributed by atoms with E-state index in [0.717, 1.165) is 6.07 Å². The van der Waals surface area contributed by atoms with Crippen LogP contribution in [0.2, 0.25) is 5.15 Å². The van der Waals surface area contributed by atoms with Crippen LogP contribution in [-0.4, -0.2) is 36.7 Å². The van der Waals surface area contributed by atoms with Crippen molar-refractivity contribution in [1.82, 2.24) is 4.98 Å². The lowest BCUT2D eigenvalue weighted by Crippen LogP contribution is -2.35. The Kier molecular flexibility index (Phi) is 4.07. The van der Waals surface area contributed by atoms with E-state index >= 15 is 0 Å². The third kappa shape index (κ3) is 3.23. The molecule has 0 amide bonds. The van der Waals surface area contributed by atoms with Crippen LogP contribution >= 0.6 is 11.6 Å². The zero-order chi connectivity index (χ0) is 14.0. The number of ketones is 1. The van der Waals surface area contributed by atoms with Crippen LogP contribution in [0.4, 0.5) is 13.2 Å². The summed E-state index contributed by atoms with van der Waals surface area (Å²) >= 11 is 5.62. The molecule has 2 rings (SSSR count). The second-order valence-corrected chi connectivity index (χ2v) is 4.19. The topological polar surface area (TPSA) is 48.4 Å². The van der Waals surface area contributed by atoms with Gasteiger partial charge in [-0.25, -0.2) is 4.98 Å². The lowest BCUT2D eigenvalue weighted by atomic mass is 10.1. The van der Waals surface area contributed by atoms with Crippen molar-refractivity contribution in [2.24, 2.45) is 0 Å². The molecule has 0 bridgehead atoms. The van der Waals surface area contributed by atoms with Crippen LogP contribution in [-0.2, 0) is 15.7 Å². The van der Waals surface area contributed by atoms with Gasteiger partial charge >= 0.3 is 6.18 Å². The van der Waals surface area contributed by atoms with E-state index in [1.165, 1.54) is 0 Å². The summed E-state index contributed by atoms with van der Waals surface area (Å²) in [6.45, 7) is 0.682. The Hall–Kier alpha value is -1.18. The van der Waals surface area contributed by atoms with E-state index in [1.807, 2.05) is 0 Å². The molecule has 4 nitrogen and oxygen atoms in total. The number of alkyl halides is 3. The van der Waals surface area contributed by atoms with Gasteiger partial charge in [-0.1, -0.05) is 11.6 Å². The predicted molar refractivity (Wildman–Crippen MR) is 59.1 cm³/mol. The number of rotatable bonds is 2. The molecular weight excluding hydrogens is 287 g/mol. The average Bonchev–Trinajstić information content (AvgIpc) is 2.38. The number of hydrogen-bond donors (Lipinski definition) is 0. The number of Topliss-reactive ketones (excluding diaryl/α,β-unsaturated/α-hetero) is 1. The largest absolute Gasteiger partial charge is 0.433 e. The van der Waals surface area contributed by atoms with Gasteiger partial charge in [-0.15, -0.1) is 0 Å². The van der Waals surface area contributed by atoms with Gasteiger partial charge in [0.2, 0.25) is 0 Å². The molecule has 8 heteroatoms. The summed E-state index contributed by atoms with van der Waals surface area (Å²) in [5.41, 5.74) is -1.25. The quantitative estimate of drug-likeness (QED) is 0.621. The lowest BCUT2D eigenvalue weighted by molar-refractivity contribution is -0.141. The van der Waals surface area contributed by atoms with Gasteiger partial charge in [0.25, 0.3) is 0 Å². The predicted octanol–water partition coefficient (Wildman–Crippen LogP) is 2.35. The first-order valence-electron chi connectivity index (χ1n) is 5.37. The minimum atomic E-state index is -4.60. The van der Waals surface area contributed by atoms with Gasteiger partial charge in [-0.3, -0.25) is 4.79 Å². The monoisotopic (exact) mass is 295 g/mol. The summed E-state index contributed by atoms with van der Waals surface area (Å²) in [5.74, 6) is -0.536. The van der Waals surface area contributed by atoms with Crippen molar-refractivity contribution < 1.29 is 27.4 Å². The molecule has 0 radical (unpaired) electrons. The van der Waals surface area contributed by atoms with Crippen LogP contribution < -0.4 is 0 Å². The van der Waals surface area contributed by atoms with Crippen molar-refractivity contribution in [3.8, 4) is 0 Å². The van der Waals surface area contributed by atoms with E-state index in [1.54, 1.807) is 0 Å². The third-order valence-electron chi connectivity index (χ3n) is 2.51. The fraction of sp³-hybridized carbons (Fsp3) is 0.455. The van der Waals surface area contributed by atoms with Gasteiger partial charge in [0.15, 0.2) is 5.78 Å². The summed E-state index contributed by atoms with van der Waals surface area (Å²) in [5, 5.41) is -0.492. The zero-order valence-corrected chi connectivity index (χ0v) is 10.3. The maximum atomic E-state index is 12.4. The molecule has 0 spiro atoms. The van der Waals surface area contributed by atoms with Crippen molar-refractivity contribution in [3.05, 3.63) is 28.5 Å². The first kappa shape index (κ1) is 14.2. The van der Waals surface area contributed by atoms with E-state index < -0.39 is 28.9 Å². The summed E-state index contributed by atoms with van der Waals surface area (Å²) in [6, 6.07) is 1.71. The number of carbonyl (C=O) groups excluding carboxylic acids is 1. The molecule has 1 aliphatic rings. The number of ether oxygens (including phenoxy) is 2. The van der Waals surface area contributed by atoms with E-state index in [-0.39, 0.29) is 18.8 Å². The van der Waals surface area contributed by atoms with Crippen LogP contribution in [0.3, 0.4) is 0 Å². The molecular formula is C11H9ClF3NO3. The number of aromatic nitrogens is 1. The van der Waals surface area contributed by atoms with Crippen LogP contribution in [0.5, 0.6) is 0 Å². The summed E-state index contributed by atoms with van der Waals surface area (Å²) < 4.78 is 47.4. The highest BCUT2D eigenvalue weighted by Crippen LogP contribution is 2.29. The molecule has 0 aromatic carbocycles. The molecule has 104 valence electrons. The number of nitrogens with zero attached hydrogens (tertiary/aromatic N) is 1. The normalized spacial score (nSPS) is 20.3. The van der Waals surface area contributed by atoms with E-state index in [2.05, 4.69) is 4.98 Å². The summed E-state index contributed by atoms with van der Waals surface area (Å²) in [6.07, 6.45) is -5.46. The fourth-order valence-corrected chi connectivity index (χ4v) is 1.84. The number of hydrogen-bond acceptors (Lipinski definition) is 4. The van der Waals surface area contributed by atoms with Gasteiger partial charge in [0.1, 0.15) is 17.0 Å². The Morgan fingerprint density at radius 3 is 2.63 bits per heavy atom. The molecule has 1 unspecified atom stereocenters. The Morgan fingerprint density at radius 2 is 2.11 bits per heavy atom. The average molecular weight is 296 g/mol. The van der Waals surface area contributed by atoms with Gasteiger partial charge in [0, 0.05) is 0 Å².